The van der Waals surface area contributed by atoms with Crippen LogP contribution in [0.25, 0.3) is 0 Å². The van der Waals surface area contributed by atoms with Gasteiger partial charge >= 0.3 is 0 Å². The van der Waals surface area contributed by atoms with Gasteiger partial charge in [0.25, 0.3) is 0 Å². The predicted octanol–water partition coefficient (Wildman–Crippen LogP) is 1.02. The van der Waals surface area contributed by atoms with Crippen LogP contribution in [0.3, 0.4) is 0 Å². The number of carbonyl (C=O) groups excluding carboxylic acids is 1. The zero-order chi connectivity index (χ0) is 16.1. The molecule has 1 aromatic carbocycles. The first-order valence-electron chi connectivity index (χ1n) is 8.51. The maximum atomic E-state index is 12.4. The number of benzene rings is 1. The maximum absolute atomic E-state index is 12.4. The highest BCUT2D eigenvalue weighted by Crippen LogP contribution is 2.21. The van der Waals surface area contributed by atoms with Crippen molar-refractivity contribution in [3.05, 3.63) is 35.9 Å². The zero-order valence-corrected chi connectivity index (χ0v) is 13.5. The molecule has 2 saturated heterocycles. The number of aliphatic hydroxyl groups excluding tert-OH is 1. The van der Waals surface area contributed by atoms with Gasteiger partial charge < -0.3 is 15.2 Å². The molecule has 126 valence electrons. The SMILES string of the molecule is O=C(N[C@@H]1CN(Cc2ccccc2)C[C@H]1CO)C1CCOCC1. The topological polar surface area (TPSA) is 61.8 Å². The molecule has 5 nitrogen and oxygen atoms in total. The molecule has 2 aliphatic rings. The van der Waals surface area contributed by atoms with Crippen LogP contribution in [0.2, 0.25) is 0 Å². The summed E-state index contributed by atoms with van der Waals surface area (Å²) in [5, 5.41) is 12.8. The van der Waals surface area contributed by atoms with Crippen molar-refractivity contribution in [1.29, 1.82) is 0 Å². The lowest BCUT2D eigenvalue weighted by molar-refractivity contribution is -0.128. The highest BCUT2D eigenvalue weighted by molar-refractivity contribution is 5.79. The van der Waals surface area contributed by atoms with Crippen LogP contribution in [0.1, 0.15) is 18.4 Å². The summed E-state index contributed by atoms with van der Waals surface area (Å²) in [5.41, 5.74) is 1.26. The van der Waals surface area contributed by atoms with Crippen molar-refractivity contribution in [2.45, 2.75) is 25.4 Å². The lowest BCUT2D eigenvalue weighted by Gasteiger charge is -2.25. The molecule has 2 atom stereocenters. The smallest absolute Gasteiger partial charge is 0.223 e. The number of aliphatic hydroxyl groups is 1. The largest absolute Gasteiger partial charge is 0.396 e. The Morgan fingerprint density at radius 2 is 1.96 bits per heavy atom. The molecule has 2 fully saturated rings. The molecule has 23 heavy (non-hydrogen) atoms. The second kappa shape index (κ2) is 7.90. The Hall–Kier alpha value is -1.43. The molecule has 0 unspecified atom stereocenters. The van der Waals surface area contributed by atoms with E-state index in [1.807, 2.05) is 18.2 Å². The van der Waals surface area contributed by atoms with Crippen molar-refractivity contribution < 1.29 is 14.6 Å². The number of nitrogens with zero attached hydrogens (tertiary/aromatic N) is 1. The second-order valence-electron chi connectivity index (χ2n) is 6.62. The van der Waals surface area contributed by atoms with Crippen LogP contribution in [-0.4, -0.2) is 54.9 Å². The van der Waals surface area contributed by atoms with E-state index in [0.29, 0.717) is 13.2 Å². The van der Waals surface area contributed by atoms with Crippen LogP contribution >= 0.6 is 0 Å². The number of nitrogens with one attached hydrogen (secondary N) is 1. The van der Waals surface area contributed by atoms with Crippen LogP contribution in [-0.2, 0) is 16.1 Å². The molecule has 1 amide bonds. The number of amides is 1. The minimum atomic E-state index is 0.0408. The van der Waals surface area contributed by atoms with Crippen LogP contribution in [0.4, 0.5) is 0 Å². The van der Waals surface area contributed by atoms with Crippen molar-refractivity contribution in [1.82, 2.24) is 10.2 Å². The summed E-state index contributed by atoms with van der Waals surface area (Å²) < 4.78 is 5.32. The highest BCUT2D eigenvalue weighted by atomic mass is 16.5. The Balaban J connectivity index is 1.55. The fraction of sp³-hybridized carbons (Fsp3) is 0.611. The Morgan fingerprint density at radius 1 is 1.22 bits per heavy atom. The van der Waals surface area contributed by atoms with Crippen LogP contribution in [0, 0.1) is 11.8 Å². The summed E-state index contributed by atoms with van der Waals surface area (Å²) in [4.78, 5) is 14.7. The van der Waals surface area contributed by atoms with Gasteiger partial charge in [-0.25, -0.2) is 0 Å². The number of carbonyl (C=O) groups is 1. The van der Waals surface area contributed by atoms with Crippen molar-refractivity contribution in [3.63, 3.8) is 0 Å². The molecule has 2 heterocycles. The summed E-state index contributed by atoms with van der Waals surface area (Å²) in [6, 6.07) is 10.4. The lowest BCUT2D eigenvalue weighted by atomic mass is 9.97. The minimum Gasteiger partial charge on any atom is -0.396 e. The fourth-order valence-corrected chi connectivity index (χ4v) is 3.54. The number of hydrogen-bond donors (Lipinski definition) is 2. The third-order valence-corrected chi connectivity index (χ3v) is 4.92. The Bertz CT molecular complexity index is 502. The van der Waals surface area contributed by atoms with Gasteiger partial charge in [-0.15, -0.1) is 0 Å². The number of hydrogen-bond acceptors (Lipinski definition) is 4. The van der Waals surface area contributed by atoms with Crippen LogP contribution in [0.15, 0.2) is 30.3 Å². The van der Waals surface area contributed by atoms with Crippen molar-refractivity contribution in [2.75, 3.05) is 32.9 Å². The summed E-state index contributed by atoms with van der Waals surface area (Å²) in [6.45, 7) is 3.95. The maximum Gasteiger partial charge on any atom is 0.223 e. The number of rotatable bonds is 5. The molecule has 0 saturated carbocycles. The zero-order valence-electron chi connectivity index (χ0n) is 13.5. The summed E-state index contributed by atoms with van der Waals surface area (Å²) in [7, 11) is 0. The molecule has 1 aromatic rings. The van der Waals surface area contributed by atoms with E-state index in [0.717, 1.165) is 32.5 Å². The van der Waals surface area contributed by atoms with E-state index in [-0.39, 0.29) is 30.4 Å². The molecule has 2 aliphatic heterocycles. The van der Waals surface area contributed by atoms with Gasteiger partial charge in [0, 0.05) is 57.3 Å². The summed E-state index contributed by atoms with van der Waals surface area (Å²) in [6.07, 6.45) is 1.60. The molecule has 0 spiro atoms. The normalized spacial score (nSPS) is 26.3. The monoisotopic (exact) mass is 318 g/mol. The predicted molar refractivity (Wildman–Crippen MR) is 87.8 cm³/mol. The first-order chi connectivity index (χ1) is 11.3. The number of ether oxygens (including phenoxy) is 1. The van der Waals surface area contributed by atoms with Crippen molar-refractivity contribution >= 4 is 5.91 Å². The van der Waals surface area contributed by atoms with Gasteiger partial charge in [-0.1, -0.05) is 30.3 Å². The molecule has 0 bridgehead atoms. The quantitative estimate of drug-likeness (QED) is 0.851. The van der Waals surface area contributed by atoms with E-state index in [1.54, 1.807) is 0 Å². The molecular formula is C18H26N2O3. The van der Waals surface area contributed by atoms with Crippen LogP contribution < -0.4 is 5.32 Å². The Morgan fingerprint density at radius 3 is 2.65 bits per heavy atom. The molecule has 0 aliphatic carbocycles. The van der Waals surface area contributed by atoms with Gasteiger partial charge in [0.2, 0.25) is 5.91 Å². The van der Waals surface area contributed by atoms with E-state index in [9.17, 15) is 9.90 Å². The van der Waals surface area contributed by atoms with E-state index in [1.165, 1.54) is 5.56 Å². The standard InChI is InChI=1S/C18H26N2O3/c21-13-16-11-20(10-14-4-2-1-3-5-14)12-17(16)19-18(22)15-6-8-23-9-7-15/h1-5,15-17,21H,6-13H2,(H,19,22)/t16-,17+/m0/s1. The van der Waals surface area contributed by atoms with Gasteiger partial charge in [-0.3, -0.25) is 9.69 Å². The summed E-state index contributed by atoms with van der Waals surface area (Å²) >= 11 is 0. The van der Waals surface area contributed by atoms with E-state index in [2.05, 4.69) is 22.3 Å². The molecule has 5 heteroatoms. The van der Waals surface area contributed by atoms with Gasteiger partial charge in [-0.05, 0) is 18.4 Å². The third kappa shape index (κ3) is 4.31. The van der Waals surface area contributed by atoms with Gasteiger partial charge in [-0.2, -0.15) is 0 Å². The average molecular weight is 318 g/mol. The second-order valence-corrected chi connectivity index (χ2v) is 6.62. The first kappa shape index (κ1) is 16.4. The van der Waals surface area contributed by atoms with Crippen molar-refractivity contribution in [3.8, 4) is 0 Å². The first-order valence-corrected chi connectivity index (χ1v) is 8.51. The van der Waals surface area contributed by atoms with Crippen LogP contribution in [0.5, 0.6) is 0 Å². The molecule has 2 N–H and O–H groups in total. The summed E-state index contributed by atoms with van der Waals surface area (Å²) in [5.74, 6) is 0.298. The fourth-order valence-electron chi connectivity index (χ4n) is 3.54. The van der Waals surface area contributed by atoms with Crippen molar-refractivity contribution in [2.24, 2.45) is 11.8 Å². The molecule has 0 radical (unpaired) electrons. The highest BCUT2D eigenvalue weighted by Gasteiger charge is 2.34. The van der Waals surface area contributed by atoms with Gasteiger partial charge in [0.15, 0.2) is 0 Å². The molecular weight excluding hydrogens is 292 g/mol. The third-order valence-electron chi connectivity index (χ3n) is 4.92. The van der Waals surface area contributed by atoms with E-state index < -0.39 is 0 Å². The lowest BCUT2D eigenvalue weighted by Crippen LogP contribution is -2.45. The molecule has 0 aromatic heterocycles. The molecule has 3 rings (SSSR count). The van der Waals surface area contributed by atoms with Gasteiger partial charge in [0.05, 0.1) is 0 Å². The minimum absolute atomic E-state index is 0.0408. The van der Waals surface area contributed by atoms with E-state index >= 15 is 0 Å². The van der Waals surface area contributed by atoms with E-state index in [4.69, 9.17) is 4.74 Å². The Kier molecular flexibility index (Phi) is 5.65. The number of likely N-dealkylation sites (tertiary alicyclic amines) is 1. The van der Waals surface area contributed by atoms with Gasteiger partial charge in [0.1, 0.15) is 0 Å². The Labute approximate surface area is 137 Å². The average Bonchev–Trinajstić information content (AvgIpc) is 2.98.